The Hall–Kier alpha value is -2.17. The van der Waals surface area contributed by atoms with Crippen LogP contribution in [0.4, 0.5) is 4.39 Å². The van der Waals surface area contributed by atoms with Crippen LogP contribution < -0.4 is 10.6 Å². The first-order chi connectivity index (χ1) is 12.6. The minimum absolute atomic E-state index is 0.0179. The van der Waals surface area contributed by atoms with Gasteiger partial charge in [0.2, 0.25) is 11.8 Å². The Balaban J connectivity index is 1.32. The van der Waals surface area contributed by atoms with Gasteiger partial charge in [-0.2, -0.15) is 0 Å². The molecule has 0 radical (unpaired) electrons. The largest absolute Gasteiger partial charge is 0.356 e. The van der Waals surface area contributed by atoms with E-state index in [1.807, 2.05) is 0 Å². The van der Waals surface area contributed by atoms with E-state index in [1.165, 1.54) is 24.5 Å². The van der Waals surface area contributed by atoms with Crippen molar-refractivity contribution in [2.45, 2.75) is 44.9 Å². The van der Waals surface area contributed by atoms with Crippen molar-refractivity contribution in [2.75, 3.05) is 13.1 Å². The minimum Gasteiger partial charge on any atom is -0.356 e. The molecule has 5 heteroatoms. The summed E-state index contributed by atoms with van der Waals surface area (Å²) in [7, 11) is 0. The smallest absolute Gasteiger partial charge is 0.223 e. The molecule has 3 rings (SSSR count). The first-order valence-corrected chi connectivity index (χ1v) is 9.62. The SMILES string of the molecule is O=C(NCCC1=CCCCC1)C1CC1C(=O)NCCc1ccccc1F. The van der Waals surface area contributed by atoms with Gasteiger partial charge in [-0.1, -0.05) is 29.8 Å². The molecule has 2 unspecified atom stereocenters. The second kappa shape index (κ2) is 8.97. The highest BCUT2D eigenvalue weighted by Crippen LogP contribution is 2.38. The summed E-state index contributed by atoms with van der Waals surface area (Å²) in [5.74, 6) is -0.807. The number of nitrogens with one attached hydrogen (secondary N) is 2. The van der Waals surface area contributed by atoms with Crippen LogP contribution in [0.25, 0.3) is 0 Å². The molecule has 2 amide bonds. The Bertz CT molecular complexity index is 686. The summed E-state index contributed by atoms with van der Waals surface area (Å²) in [6.07, 6.45) is 9.09. The summed E-state index contributed by atoms with van der Waals surface area (Å²) < 4.78 is 13.5. The fourth-order valence-corrected chi connectivity index (χ4v) is 3.54. The van der Waals surface area contributed by atoms with Crippen LogP contribution in [0.1, 0.15) is 44.1 Å². The van der Waals surface area contributed by atoms with E-state index >= 15 is 0 Å². The van der Waals surface area contributed by atoms with Gasteiger partial charge in [0, 0.05) is 13.1 Å². The average Bonchev–Trinajstić information content (AvgIpc) is 3.45. The Labute approximate surface area is 154 Å². The fraction of sp³-hybridized carbons (Fsp3) is 0.524. The van der Waals surface area contributed by atoms with Crippen molar-refractivity contribution in [3.05, 3.63) is 47.3 Å². The summed E-state index contributed by atoms with van der Waals surface area (Å²) >= 11 is 0. The molecule has 2 N–H and O–H groups in total. The van der Waals surface area contributed by atoms with E-state index in [0.717, 1.165) is 19.3 Å². The van der Waals surface area contributed by atoms with Crippen molar-refractivity contribution in [3.63, 3.8) is 0 Å². The maximum Gasteiger partial charge on any atom is 0.223 e. The van der Waals surface area contributed by atoms with Crippen LogP contribution in [0.3, 0.4) is 0 Å². The maximum atomic E-state index is 13.5. The van der Waals surface area contributed by atoms with Gasteiger partial charge in [-0.05, 0) is 56.6 Å². The molecule has 0 saturated heterocycles. The first kappa shape index (κ1) is 18.6. The van der Waals surface area contributed by atoms with Crippen molar-refractivity contribution in [1.82, 2.24) is 10.6 Å². The molecule has 0 heterocycles. The summed E-state index contributed by atoms with van der Waals surface area (Å²) in [6.45, 7) is 1.04. The van der Waals surface area contributed by atoms with Gasteiger partial charge < -0.3 is 10.6 Å². The summed E-state index contributed by atoms with van der Waals surface area (Å²) in [4.78, 5) is 24.3. The van der Waals surface area contributed by atoms with Crippen LogP contribution in [0.15, 0.2) is 35.9 Å². The van der Waals surface area contributed by atoms with Gasteiger partial charge in [-0.15, -0.1) is 0 Å². The van der Waals surface area contributed by atoms with Crippen LogP contribution in [0.5, 0.6) is 0 Å². The molecular formula is C21H27FN2O2. The van der Waals surface area contributed by atoms with Crippen LogP contribution in [-0.2, 0) is 16.0 Å². The van der Waals surface area contributed by atoms with Crippen molar-refractivity contribution >= 4 is 11.8 Å². The second-order valence-corrected chi connectivity index (χ2v) is 7.23. The predicted octanol–water partition coefficient (Wildman–Crippen LogP) is 3.13. The molecule has 140 valence electrons. The quantitative estimate of drug-likeness (QED) is 0.702. The molecule has 0 aromatic heterocycles. The number of amides is 2. The van der Waals surface area contributed by atoms with Crippen LogP contribution in [0.2, 0.25) is 0 Å². The third-order valence-electron chi connectivity index (χ3n) is 5.25. The van der Waals surface area contributed by atoms with E-state index in [9.17, 15) is 14.0 Å². The number of halogens is 1. The monoisotopic (exact) mass is 358 g/mol. The number of allylic oxidation sites excluding steroid dienone is 1. The van der Waals surface area contributed by atoms with Crippen molar-refractivity contribution in [3.8, 4) is 0 Å². The van der Waals surface area contributed by atoms with E-state index in [-0.39, 0.29) is 29.5 Å². The van der Waals surface area contributed by atoms with Crippen molar-refractivity contribution in [1.29, 1.82) is 0 Å². The standard InChI is InChI=1S/C21H27FN2O2/c22-19-9-5-4-8-16(19)11-13-24-21(26)18-14-17(18)20(25)23-12-10-15-6-2-1-3-7-15/h4-6,8-9,17-18H,1-3,7,10-14H2,(H,23,25)(H,24,26). The van der Waals surface area contributed by atoms with E-state index in [0.29, 0.717) is 31.5 Å². The molecule has 1 aromatic carbocycles. The molecule has 0 aliphatic heterocycles. The van der Waals surface area contributed by atoms with Crippen LogP contribution in [0, 0.1) is 17.7 Å². The van der Waals surface area contributed by atoms with Crippen molar-refractivity contribution < 1.29 is 14.0 Å². The van der Waals surface area contributed by atoms with E-state index in [4.69, 9.17) is 0 Å². The molecule has 2 aliphatic rings. The molecule has 1 aromatic rings. The van der Waals surface area contributed by atoms with Crippen LogP contribution in [-0.4, -0.2) is 24.9 Å². The van der Waals surface area contributed by atoms with E-state index in [2.05, 4.69) is 16.7 Å². The zero-order valence-electron chi connectivity index (χ0n) is 15.1. The average molecular weight is 358 g/mol. The number of carbonyl (C=O) groups excluding carboxylic acids is 2. The molecule has 2 atom stereocenters. The number of rotatable bonds is 8. The third-order valence-corrected chi connectivity index (χ3v) is 5.25. The lowest BCUT2D eigenvalue weighted by Gasteiger charge is -2.13. The van der Waals surface area contributed by atoms with Crippen LogP contribution >= 0.6 is 0 Å². The van der Waals surface area contributed by atoms with Gasteiger partial charge in [0.15, 0.2) is 0 Å². The Morgan fingerprint density at radius 1 is 1.00 bits per heavy atom. The number of hydrogen-bond donors (Lipinski definition) is 2. The lowest BCUT2D eigenvalue weighted by molar-refractivity contribution is -0.127. The molecule has 0 spiro atoms. The zero-order chi connectivity index (χ0) is 18.4. The van der Waals surface area contributed by atoms with Gasteiger partial charge in [-0.3, -0.25) is 9.59 Å². The lowest BCUT2D eigenvalue weighted by atomic mass is 9.97. The van der Waals surface area contributed by atoms with E-state index in [1.54, 1.807) is 18.2 Å². The molecule has 1 fully saturated rings. The predicted molar refractivity (Wildman–Crippen MR) is 98.9 cm³/mol. The minimum atomic E-state index is -0.251. The van der Waals surface area contributed by atoms with Gasteiger partial charge >= 0.3 is 0 Å². The normalized spacial score (nSPS) is 21.7. The highest BCUT2D eigenvalue weighted by molar-refractivity contribution is 5.92. The van der Waals surface area contributed by atoms with E-state index < -0.39 is 0 Å². The zero-order valence-corrected chi connectivity index (χ0v) is 15.1. The van der Waals surface area contributed by atoms with Gasteiger partial charge in [-0.25, -0.2) is 4.39 Å². The number of hydrogen-bond acceptors (Lipinski definition) is 2. The Morgan fingerprint density at radius 3 is 2.35 bits per heavy atom. The summed E-state index contributed by atoms with van der Waals surface area (Å²) in [5, 5.41) is 5.78. The number of benzene rings is 1. The third kappa shape index (κ3) is 5.16. The van der Waals surface area contributed by atoms with Gasteiger partial charge in [0.05, 0.1) is 11.8 Å². The van der Waals surface area contributed by atoms with Gasteiger partial charge in [0.25, 0.3) is 0 Å². The first-order valence-electron chi connectivity index (χ1n) is 9.62. The van der Waals surface area contributed by atoms with Crippen molar-refractivity contribution in [2.24, 2.45) is 11.8 Å². The summed E-state index contributed by atoms with van der Waals surface area (Å²) in [5.41, 5.74) is 2.03. The highest BCUT2D eigenvalue weighted by Gasteiger charge is 2.47. The molecule has 26 heavy (non-hydrogen) atoms. The number of carbonyl (C=O) groups is 2. The highest BCUT2D eigenvalue weighted by atomic mass is 19.1. The molecule has 2 aliphatic carbocycles. The maximum absolute atomic E-state index is 13.5. The fourth-order valence-electron chi connectivity index (χ4n) is 3.54. The molecular weight excluding hydrogens is 331 g/mol. The lowest BCUT2D eigenvalue weighted by Crippen LogP contribution is -2.31. The summed E-state index contributed by atoms with van der Waals surface area (Å²) in [6, 6.07) is 6.57. The second-order valence-electron chi connectivity index (χ2n) is 7.23. The Morgan fingerprint density at radius 2 is 1.69 bits per heavy atom. The molecule has 0 bridgehead atoms. The molecule has 1 saturated carbocycles. The topological polar surface area (TPSA) is 58.2 Å². The molecule has 4 nitrogen and oxygen atoms in total. The van der Waals surface area contributed by atoms with Gasteiger partial charge in [0.1, 0.15) is 5.82 Å². The Kier molecular flexibility index (Phi) is 6.42.